The third-order valence-electron chi connectivity index (χ3n) is 3.47. The molecule has 0 bridgehead atoms. The number of alkyl halides is 3. The van der Waals surface area contributed by atoms with Gasteiger partial charge in [0.25, 0.3) is 0 Å². The van der Waals surface area contributed by atoms with E-state index in [0.717, 1.165) is 12.8 Å². The summed E-state index contributed by atoms with van der Waals surface area (Å²) in [6.45, 7) is 0. The van der Waals surface area contributed by atoms with Crippen molar-refractivity contribution in [3.8, 4) is 0 Å². The van der Waals surface area contributed by atoms with Crippen molar-refractivity contribution in [1.29, 1.82) is 0 Å². The minimum absolute atomic E-state index is 0.0581. The number of amides is 1. The second-order valence-corrected chi connectivity index (χ2v) is 8.69. The van der Waals surface area contributed by atoms with Crippen LogP contribution in [0.3, 0.4) is 0 Å². The van der Waals surface area contributed by atoms with Gasteiger partial charge in [0.1, 0.15) is 5.75 Å². The van der Waals surface area contributed by atoms with E-state index in [0.29, 0.717) is 5.17 Å². The summed E-state index contributed by atoms with van der Waals surface area (Å²) in [6, 6.07) is 2.52. The van der Waals surface area contributed by atoms with Crippen molar-refractivity contribution in [2.75, 3.05) is 11.5 Å². The lowest BCUT2D eigenvalue weighted by atomic mass is 10.3. The molecule has 1 saturated heterocycles. The maximum Gasteiger partial charge on any atom is 0.400 e. The minimum Gasteiger partial charge on any atom is -0.287 e. The maximum atomic E-state index is 12.5. The molecule has 0 radical (unpaired) electrons. The number of nitrogens with zero attached hydrogens (tertiary/aromatic N) is 2. The van der Waals surface area contributed by atoms with E-state index in [-0.39, 0.29) is 38.3 Å². The number of benzene rings is 1. The normalized spacial score (nSPS) is 21.2. The van der Waals surface area contributed by atoms with E-state index in [4.69, 9.17) is 23.2 Å². The number of hydrogen-bond acceptors (Lipinski definition) is 4. The number of amidine groups is 1. The lowest BCUT2D eigenvalue weighted by Crippen LogP contribution is -2.31. The zero-order valence-electron chi connectivity index (χ0n) is 12.5. The second kappa shape index (κ2) is 7.09. The first-order valence-corrected chi connectivity index (χ1v) is 10.2. The van der Waals surface area contributed by atoms with Crippen molar-refractivity contribution in [2.24, 2.45) is 4.99 Å². The zero-order chi connectivity index (χ0) is 18.4. The molecule has 11 heteroatoms. The monoisotopic (exact) mass is 430 g/mol. The van der Waals surface area contributed by atoms with Gasteiger partial charge in [-0.3, -0.25) is 13.9 Å². The molecule has 1 aliphatic carbocycles. The number of hydrogen-bond donors (Lipinski definition) is 0. The molecule has 136 valence electrons. The van der Waals surface area contributed by atoms with Crippen molar-refractivity contribution in [2.45, 2.75) is 30.0 Å². The van der Waals surface area contributed by atoms with E-state index in [1.165, 1.54) is 23.9 Å². The molecule has 0 spiro atoms. The molecule has 1 saturated carbocycles. The summed E-state index contributed by atoms with van der Waals surface area (Å²) >= 11 is 13.2. The Morgan fingerprint density at radius 3 is 2.56 bits per heavy atom. The van der Waals surface area contributed by atoms with Crippen LogP contribution in [0.15, 0.2) is 22.0 Å². The van der Waals surface area contributed by atoms with E-state index >= 15 is 0 Å². The molecule has 1 aromatic carbocycles. The van der Waals surface area contributed by atoms with Crippen molar-refractivity contribution in [3.63, 3.8) is 0 Å². The summed E-state index contributed by atoms with van der Waals surface area (Å²) in [5.74, 6) is -1.31. The Morgan fingerprint density at radius 1 is 1.28 bits per heavy atom. The molecule has 25 heavy (non-hydrogen) atoms. The molecular formula is C14H11Cl2F3N2O2S2. The van der Waals surface area contributed by atoms with Gasteiger partial charge < -0.3 is 0 Å². The number of halogens is 5. The highest BCUT2D eigenvalue weighted by Crippen LogP contribution is 2.38. The molecule has 1 atom stereocenters. The van der Waals surface area contributed by atoms with E-state index < -0.39 is 22.7 Å². The standard InChI is InChI=1S/C14H11Cl2F3N2O2S2/c15-8-3-9(16)11(25(23)6-14(17,18)19)4-10(8)20-13-21(7-1-2-7)12(22)5-24-13/h3-4,7H,1-2,5-6H2. The van der Waals surface area contributed by atoms with Crippen LogP contribution in [0.1, 0.15) is 12.8 Å². The van der Waals surface area contributed by atoms with E-state index in [1.807, 2.05) is 0 Å². The largest absolute Gasteiger partial charge is 0.400 e. The number of thioether (sulfide) groups is 1. The number of carbonyl (C=O) groups excluding carboxylic acids is 1. The fourth-order valence-corrected chi connectivity index (χ4v) is 4.86. The van der Waals surface area contributed by atoms with Crippen LogP contribution in [-0.4, -0.2) is 43.9 Å². The summed E-state index contributed by atoms with van der Waals surface area (Å²) in [4.78, 5) is 17.6. The van der Waals surface area contributed by atoms with Crippen molar-refractivity contribution in [1.82, 2.24) is 4.90 Å². The van der Waals surface area contributed by atoms with Crippen LogP contribution in [0.5, 0.6) is 0 Å². The predicted molar refractivity (Wildman–Crippen MR) is 93.2 cm³/mol. The Bertz CT molecular complexity index is 782. The van der Waals surface area contributed by atoms with Gasteiger partial charge >= 0.3 is 6.18 Å². The highest BCUT2D eigenvalue weighted by atomic mass is 35.5. The summed E-state index contributed by atoms with van der Waals surface area (Å²) in [5, 5.41) is 0.441. The maximum absolute atomic E-state index is 12.5. The Hall–Kier alpha value is -0.770. The van der Waals surface area contributed by atoms with Crippen LogP contribution < -0.4 is 0 Å². The Balaban J connectivity index is 1.94. The van der Waals surface area contributed by atoms with Gasteiger partial charge in [-0.15, -0.1) is 0 Å². The molecule has 2 aliphatic rings. The smallest absolute Gasteiger partial charge is 0.287 e. The van der Waals surface area contributed by atoms with Gasteiger partial charge in [0.15, 0.2) is 5.17 Å². The van der Waals surface area contributed by atoms with E-state index in [1.54, 1.807) is 4.90 Å². The fourth-order valence-electron chi connectivity index (χ4n) is 2.26. The van der Waals surface area contributed by atoms with Crippen LogP contribution in [0, 0.1) is 0 Å². The van der Waals surface area contributed by atoms with Gasteiger partial charge in [0, 0.05) is 6.04 Å². The topological polar surface area (TPSA) is 49.7 Å². The summed E-state index contributed by atoms with van der Waals surface area (Å²) in [6.07, 6.45) is -2.81. The molecule has 0 aromatic heterocycles. The second-order valence-electron chi connectivity index (χ2n) is 5.52. The molecule has 1 heterocycles. The van der Waals surface area contributed by atoms with Crippen molar-refractivity contribution < 1.29 is 22.2 Å². The summed E-state index contributed by atoms with van der Waals surface area (Å²) in [7, 11) is -2.37. The summed E-state index contributed by atoms with van der Waals surface area (Å²) < 4.78 is 49.4. The van der Waals surface area contributed by atoms with Gasteiger partial charge in [-0.25, -0.2) is 4.99 Å². The first kappa shape index (κ1) is 19.0. The molecule has 1 aromatic rings. The number of aliphatic imine (C=N–C) groups is 1. The average molecular weight is 431 g/mol. The molecule has 0 N–H and O–H groups in total. The lowest BCUT2D eigenvalue weighted by Gasteiger charge is -2.15. The predicted octanol–water partition coefficient (Wildman–Crippen LogP) is 4.39. The fraction of sp³-hybridized carbons (Fsp3) is 0.429. The zero-order valence-corrected chi connectivity index (χ0v) is 15.6. The Kier molecular flexibility index (Phi) is 5.39. The third-order valence-corrected chi connectivity index (χ3v) is 6.55. The highest BCUT2D eigenvalue weighted by Gasteiger charge is 2.40. The first-order valence-electron chi connectivity index (χ1n) is 7.13. The Labute approximate surface area is 158 Å². The van der Waals surface area contributed by atoms with E-state index in [2.05, 4.69) is 4.99 Å². The minimum atomic E-state index is -4.59. The van der Waals surface area contributed by atoms with Crippen LogP contribution in [0.2, 0.25) is 10.0 Å². The van der Waals surface area contributed by atoms with Gasteiger partial charge in [-0.1, -0.05) is 35.0 Å². The van der Waals surface area contributed by atoms with Gasteiger partial charge in [-0.05, 0) is 25.0 Å². The molecule has 1 unspecified atom stereocenters. The highest BCUT2D eigenvalue weighted by molar-refractivity contribution is 8.15. The molecule has 3 rings (SSSR count). The van der Waals surface area contributed by atoms with Gasteiger partial charge in [0.2, 0.25) is 5.91 Å². The summed E-state index contributed by atoms with van der Waals surface area (Å²) in [5.41, 5.74) is 0.138. The third kappa shape index (κ3) is 4.50. The molecule has 2 fully saturated rings. The molecule has 4 nitrogen and oxygen atoms in total. The van der Waals surface area contributed by atoms with Crippen molar-refractivity contribution in [3.05, 3.63) is 22.2 Å². The van der Waals surface area contributed by atoms with Crippen LogP contribution in [0.4, 0.5) is 18.9 Å². The van der Waals surface area contributed by atoms with Crippen LogP contribution in [0.25, 0.3) is 0 Å². The van der Waals surface area contributed by atoms with Gasteiger partial charge in [-0.2, -0.15) is 13.2 Å². The molecule has 1 aliphatic heterocycles. The molecule has 1 amide bonds. The lowest BCUT2D eigenvalue weighted by molar-refractivity contribution is -0.124. The quantitative estimate of drug-likeness (QED) is 0.711. The first-order chi connectivity index (χ1) is 11.7. The average Bonchev–Trinajstić information content (AvgIpc) is 3.24. The Morgan fingerprint density at radius 2 is 1.96 bits per heavy atom. The van der Waals surface area contributed by atoms with E-state index in [9.17, 15) is 22.2 Å². The molecular weight excluding hydrogens is 420 g/mol. The SMILES string of the molecule is O=C1CSC(=Nc2cc(S(=O)CC(F)(F)F)c(Cl)cc2Cl)N1C1CC1. The van der Waals surface area contributed by atoms with Crippen LogP contribution >= 0.6 is 35.0 Å². The number of rotatable bonds is 4. The number of carbonyl (C=O) groups is 1. The van der Waals surface area contributed by atoms with Gasteiger partial charge in [0.05, 0.1) is 37.2 Å². The van der Waals surface area contributed by atoms with Crippen LogP contribution in [-0.2, 0) is 15.6 Å². The van der Waals surface area contributed by atoms with Crippen molar-refractivity contribution >= 4 is 62.5 Å².